The number of rotatable bonds is 3. The van der Waals surface area contributed by atoms with Crippen molar-refractivity contribution < 1.29 is 4.42 Å². The van der Waals surface area contributed by atoms with E-state index in [4.69, 9.17) is 4.42 Å². The molecule has 12 rings (SSSR count). The Morgan fingerprint density at radius 2 is 0.889 bits per heavy atom. The van der Waals surface area contributed by atoms with Crippen LogP contribution in [0.2, 0.25) is 0 Å². The van der Waals surface area contributed by atoms with Crippen LogP contribution in [0.4, 0.5) is 0 Å². The van der Waals surface area contributed by atoms with Gasteiger partial charge in [-0.25, -0.2) is 0 Å². The maximum Gasteiger partial charge on any atom is 0.136 e. The van der Waals surface area contributed by atoms with Crippen LogP contribution in [0, 0.1) is 0 Å². The number of hydrogen-bond acceptors (Lipinski definition) is 2. The molecule has 0 saturated heterocycles. The average Bonchev–Trinajstić information content (AvgIpc) is 3.79. The van der Waals surface area contributed by atoms with Crippen LogP contribution in [0.15, 0.2) is 186 Å². The number of fused-ring (bicyclic) bond motifs is 11. The van der Waals surface area contributed by atoms with E-state index in [0.717, 1.165) is 11.2 Å². The first-order valence-electron chi connectivity index (χ1n) is 18.5. The van der Waals surface area contributed by atoms with Gasteiger partial charge >= 0.3 is 0 Å². The molecule has 0 saturated carbocycles. The van der Waals surface area contributed by atoms with E-state index in [9.17, 15) is 0 Å². The van der Waals surface area contributed by atoms with Gasteiger partial charge in [0.15, 0.2) is 0 Å². The normalized spacial score (nSPS) is 12.1. The Kier molecular flexibility index (Phi) is 6.28. The van der Waals surface area contributed by atoms with Gasteiger partial charge in [0.1, 0.15) is 11.2 Å². The lowest BCUT2D eigenvalue weighted by molar-refractivity contribution is 0.669. The second-order valence-corrected chi connectivity index (χ2v) is 15.5. The summed E-state index contributed by atoms with van der Waals surface area (Å²) in [6.45, 7) is 0. The number of para-hydroxylation sites is 1. The van der Waals surface area contributed by atoms with E-state index in [1.807, 2.05) is 17.4 Å². The summed E-state index contributed by atoms with van der Waals surface area (Å²) >= 11 is 1.87. The molecule has 10 aromatic carbocycles. The maximum absolute atomic E-state index is 6.23. The maximum atomic E-state index is 6.23. The SMILES string of the molecule is c1cc(-c2ccc3cc4c(cc3c2)sc2c4ccc3oc4ccccc4c32)cc(-c2c3ccccc3c(-c3ccc4ccccc4c3)c3ccccc23)c1. The Hall–Kier alpha value is -6.74. The molecule has 0 bridgehead atoms. The molecule has 0 aliphatic carbocycles. The molecule has 0 aliphatic rings. The highest BCUT2D eigenvalue weighted by atomic mass is 32.1. The molecule has 0 aliphatic heterocycles. The molecule has 0 radical (unpaired) electrons. The van der Waals surface area contributed by atoms with Gasteiger partial charge in [-0.3, -0.25) is 0 Å². The third-order valence-electron chi connectivity index (χ3n) is 11.4. The van der Waals surface area contributed by atoms with Gasteiger partial charge < -0.3 is 4.42 Å². The molecule has 2 heteroatoms. The fraction of sp³-hybridized carbons (Fsp3) is 0. The van der Waals surface area contributed by atoms with Crippen molar-refractivity contribution in [1.29, 1.82) is 0 Å². The zero-order chi connectivity index (χ0) is 35.3. The van der Waals surface area contributed by atoms with Crippen molar-refractivity contribution in [2.24, 2.45) is 0 Å². The molecule has 0 atom stereocenters. The van der Waals surface area contributed by atoms with E-state index in [1.165, 1.54) is 107 Å². The topological polar surface area (TPSA) is 13.1 Å². The molecule has 0 N–H and O–H groups in total. The first-order chi connectivity index (χ1) is 26.7. The number of thiophene rings is 1. The highest BCUT2D eigenvalue weighted by Crippen LogP contribution is 2.46. The Bertz CT molecular complexity index is 3450. The molecule has 12 aromatic rings. The predicted molar refractivity (Wildman–Crippen MR) is 233 cm³/mol. The summed E-state index contributed by atoms with van der Waals surface area (Å²) in [4.78, 5) is 0. The molecule has 1 nitrogen and oxygen atoms in total. The van der Waals surface area contributed by atoms with E-state index in [-0.39, 0.29) is 0 Å². The fourth-order valence-corrected chi connectivity index (χ4v) is 10.2. The van der Waals surface area contributed by atoms with Crippen molar-refractivity contribution in [2.45, 2.75) is 0 Å². The Morgan fingerprint density at radius 1 is 0.315 bits per heavy atom. The third kappa shape index (κ3) is 4.38. The van der Waals surface area contributed by atoms with Crippen LogP contribution in [-0.2, 0) is 0 Å². The first kappa shape index (κ1) is 29.8. The summed E-state index contributed by atoms with van der Waals surface area (Å²) < 4.78 is 8.82. The largest absolute Gasteiger partial charge is 0.456 e. The van der Waals surface area contributed by atoms with Crippen LogP contribution >= 0.6 is 11.3 Å². The summed E-state index contributed by atoms with van der Waals surface area (Å²) in [5, 5.41) is 15.1. The Morgan fingerprint density at radius 3 is 1.67 bits per heavy atom. The molecule has 54 heavy (non-hydrogen) atoms. The minimum Gasteiger partial charge on any atom is -0.456 e. The van der Waals surface area contributed by atoms with Gasteiger partial charge in [0.2, 0.25) is 0 Å². The molecule has 0 unspecified atom stereocenters. The molecular weight excluding hydrogens is 673 g/mol. The predicted octanol–water partition coefficient (Wildman–Crippen LogP) is 15.6. The molecule has 2 aromatic heterocycles. The van der Waals surface area contributed by atoms with Crippen LogP contribution in [0.1, 0.15) is 0 Å². The molecule has 0 amide bonds. The van der Waals surface area contributed by atoms with Crippen LogP contribution < -0.4 is 0 Å². The summed E-state index contributed by atoms with van der Waals surface area (Å²) in [6.07, 6.45) is 0. The highest BCUT2D eigenvalue weighted by molar-refractivity contribution is 7.26. The molecule has 0 fully saturated rings. The van der Waals surface area contributed by atoms with Gasteiger partial charge in [-0.2, -0.15) is 0 Å². The lowest BCUT2D eigenvalue weighted by Gasteiger charge is -2.18. The number of hydrogen-bond donors (Lipinski definition) is 0. The average molecular weight is 703 g/mol. The Balaban J connectivity index is 1.02. The van der Waals surface area contributed by atoms with Gasteiger partial charge in [0.05, 0.1) is 0 Å². The summed E-state index contributed by atoms with van der Waals surface area (Å²) in [5.74, 6) is 0. The van der Waals surface area contributed by atoms with Crippen molar-refractivity contribution in [3.05, 3.63) is 182 Å². The second kappa shape index (κ2) is 11.4. The highest BCUT2D eigenvalue weighted by Gasteiger charge is 2.18. The van der Waals surface area contributed by atoms with Gasteiger partial charge in [0.25, 0.3) is 0 Å². The Labute approximate surface area is 314 Å². The summed E-state index contributed by atoms with van der Waals surface area (Å²) in [7, 11) is 0. The number of benzene rings is 10. The van der Waals surface area contributed by atoms with Crippen LogP contribution in [0.5, 0.6) is 0 Å². The zero-order valence-electron chi connectivity index (χ0n) is 29.1. The molecular formula is C52H30OS. The van der Waals surface area contributed by atoms with Gasteiger partial charge in [-0.05, 0) is 125 Å². The molecule has 0 spiro atoms. The van der Waals surface area contributed by atoms with Crippen molar-refractivity contribution in [3.8, 4) is 33.4 Å². The second-order valence-electron chi connectivity index (χ2n) is 14.4. The van der Waals surface area contributed by atoms with Crippen molar-refractivity contribution in [1.82, 2.24) is 0 Å². The lowest BCUT2D eigenvalue weighted by Crippen LogP contribution is -1.91. The first-order valence-corrected chi connectivity index (χ1v) is 19.3. The van der Waals surface area contributed by atoms with Crippen LogP contribution in [0.25, 0.3) is 119 Å². The third-order valence-corrected chi connectivity index (χ3v) is 12.6. The summed E-state index contributed by atoms with van der Waals surface area (Å²) in [6, 6.07) is 66.9. The minimum absolute atomic E-state index is 0.941. The van der Waals surface area contributed by atoms with Gasteiger partial charge in [-0.15, -0.1) is 11.3 Å². The van der Waals surface area contributed by atoms with Crippen molar-refractivity contribution in [2.75, 3.05) is 0 Å². The fourth-order valence-electron chi connectivity index (χ4n) is 8.91. The van der Waals surface area contributed by atoms with Crippen LogP contribution in [-0.4, -0.2) is 0 Å². The molecule has 2 heterocycles. The zero-order valence-corrected chi connectivity index (χ0v) is 30.0. The monoisotopic (exact) mass is 702 g/mol. The van der Waals surface area contributed by atoms with Gasteiger partial charge in [0, 0.05) is 30.9 Å². The quantitative estimate of drug-likeness (QED) is 0.167. The van der Waals surface area contributed by atoms with Crippen LogP contribution in [0.3, 0.4) is 0 Å². The van der Waals surface area contributed by atoms with E-state index in [1.54, 1.807) is 0 Å². The van der Waals surface area contributed by atoms with E-state index < -0.39 is 0 Å². The van der Waals surface area contributed by atoms with E-state index >= 15 is 0 Å². The smallest absolute Gasteiger partial charge is 0.136 e. The van der Waals surface area contributed by atoms with E-state index in [0.29, 0.717) is 0 Å². The minimum atomic E-state index is 0.941. The molecule has 250 valence electrons. The number of furan rings is 1. The standard InChI is InChI=1S/C52H30OS/c1-2-11-32-26-37(23-20-31(32)10-1)50-41-16-5-3-14-39(41)49(40-15-4-6-17-42(40)50)36-13-9-12-33(27-36)34-21-22-35-29-45-43-24-25-47-51(44-18-7-8-19-46(44)53-47)52(43)54-48(45)30-38(35)28-34/h1-30H. The summed E-state index contributed by atoms with van der Waals surface area (Å²) in [5.41, 5.74) is 9.35. The lowest BCUT2D eigenvalue weighted by atomic mass is 9.85. The van der Waals surface area contributed by atoms with Crippen molar-refractivity contribution >= 4 is 96.5 Å². The van der Waals surface area contributed by atoms with E-state index in [2.05, 4.69) is 176 Å². The van der Waals surface area contributed by atoms with Gasteiger partial charge in [-0.1, -0.05) is 133 Å². The van der Waals surface area contributed by atoms with Crippen molar-refractivity contribution in [3.63, 3.8) is 0 Å².